The van der Waals surface area contributed by atoms with Crippen molar-refractivity contribution in [3.63, 3.8) is 0 Å². The van der Waals surface area contributed by atoms with E-state index in [4.69, 9.17) is 5.26 Å². The van der Waals surface area contributed by atoms with E-state index in [1.54, 1.807) is 6.33 Å². The molecule has 6 nitrogen and oxygen atoms in total. The van der Waals surface area contributed by atoms with Gasteiger partial charge in [0.15, 0.2) is 5.82 Å². The van der Waals surface area contributed by atoms with Gasteiger partial charge in [-0.3, -0.25) is 4.57 Å². The van der Waals surface area contributed by atoms with Gasteiger partial charge in [0.2, 0.25) is 0 Å². The molecule has 1 fully saturated rings. The predicted octanol–water partition coefficient (Wildman–Crippen LogP) is 4.63. The Bertz CT molecular complexity index is 1300. The van der Waals surface area contributed by atoms with Crippen molar-refractivity contribution in [2.24, 2.45) is 0 Å². The van der Waals surface area contributed by atoms with Crippen molar-refractivity contribution in [2.45, 2.75) is 25.8 Å². The van der Waals surface area contributed by atoms with Crippen LogP contribution in [0.5, 0.6) is 0 Å². The van der Waals surface area contributed by atoms with Crippen molar-refractivity contribution < 1.29 is 0 Å². The summed E-state index contributed by atoms with van der Waals surface area (Å²) in [5.74, 6) is 0.851. The van der Waals surface area contributed by atoms with E-state index < -0.39 is 0 Å². The molecule has 2 aliphatic rings. The van der Waals surface area contributed by atoms with Gasteiger partial charge in [-0.2, -0.15) is 5.26 Å². The van der Waals surface area contributed by atoms with Crippen LogP contribution in [0.4, 0.5) is 5.69 Å². The molecule has 2 aromatic carbocycles. The van der Waals surface area contributed by atoms with Crippen molar-refractivity contribution >= 4 is 5.69 Å². The number of hydrogen-bond donors (Lipinski definition) is 0. The van der Waals surface area contributed by atoms with Crippen LogP contribution in [0.3, 0.4) is 0 Å². The summed E-state index contributed by atoms with van der Waals surface area (Å²) in [6.07, 6.45) is 7.85. The molecule has 0 atom stereocenters. The number of nitrogens with zero attached hydrogens (tertiary/aromatic N) is 6. The maximum absolute atomic E-state index is 9.08. The molecule has 152 valence electrons. The van der Waals surface area contributed by atoms with Gasteiger partial charge >= 0.3 is 0 Å². The molecule has 2 aliphatic heterocycles. The zero-order valence-electron chi connectivity index (χ0n) is 17.2. The van der Waals surface area contributed by atoms with Gasteiger partial charge in [0, 0.05) is 37.1 Å². The van der Waals surface area contributed by atoms with Crippen LogP contribution < -0.4 is 4.90 Å². The van der Waals surface area contributed by atoms with Crippen LogP contribution >= 0.6 is 0 Å². The molecule has 31 heavy (non-hydrogen) atoms. The number of hydrogen-bond acceptors (Lipinski definition) is 4. The van der Waals surface area contributed by atoms with E-state index in [1.807, 2.05) is 24.3 Å². The molecule has 6 rings (SSSR count). The number of rotatable bonds is 2. The lowest BCUT2D eigenvalue weighted by Gasteiger charge is -2.29. The van der Waals surface area contributed by atoms with Gasteiger partial charge in [0.05, 0.1) is 23.0 Å². The molecule has 0 radical (unpaired) electrons. The van der Waals surface area contributed by atoms with Gasteiger partial charge in [0.25, 0.3) is 0 Å². The SMILES string of the molecule is N#Cc1ccc(-c2cc3n(c2)Cc2cc(N4CCCCC4)ccc2-n2cnnc2-3)cc1. The quantitative estimate of drug-likeness (QED) is 0.429. The molecule has 0 bridgehead atoms. The molecule has 0 N–H and O–H groups in total. The first-order valence-electron chi connectivity index (χ1n) is 10.8. The van der Waals surface area contributed by atoms with E-state index in [0.717, 1.165) is 48.0 Å². The van der Waals surface area contributed by atoms with Gasteiger partial charge in [-0.05, 0) is 66.8 Å². The van der Waals surface area contributed by atoms with E-state index in [2.05, 4.69) is 60.8 Å². The number of benzene rings is 2. The minimum Gasteiger partial charge on any atom is -0.372 e. The van der Waals surface area contributed by atoms with Crippen molar-refractivity contribution in [1.29, 1.82) is 5.26 Å². The first-order chi connectivity index (χ1) is 15.3. The van der Waals surface area contributed by atoms with E-state index in [1.165, 1.54) is 30.5 Å². The molecule has 0 aliphatic carbocycles. The summed E-state index contributed by atoms with van der Waals surface area (Å²) in [5.41, 5.74) is 7.64. The molecule has 2 aromatic heterocycles. The van der Waals surface area contributed by atoms with Crippen LogP contribution in [0.15, 0.2) is 61.1 Å². The third-order valence-corrected chi connectivity index (χ3v) is 6.41. The first-order valence-corrected chi connectivity index (χ1v) is 10.8. The molecule has 0 spiro atoms. The fraction of sp³-hybridized carbons (Fsp3) is 0.240. The molecule has 6 heteroatoms. The number of piperidine rings is 1. The number of fused-ring (bicyclic) bond motifs is 5. The van der Waals surface area contributed by atoms with E-state index >= 15 is 0 Å². The van der Waals surface area contributed by atoms with Crippen LogP contribution in [0.2, 0.25) is 0 Å². The highest BCUT2D eigenvalue weighted by atomic mass is 15.3. The van der Waals surface area contributed by atoms with Crippen LogP contribution in [0, 0.1) is 11.3 Å². The fourth-order valence-electron chi connectivity index (χ4n) is 4.78. The van der Waals surface area contributed by atoms with Gasteiger partial charge in [-0.15, -0.1) is 10.2 Å². The summed E-state index contributed by atoms with van der Waals surface area (Å²) in [4.78, 5) is 2.50. The highest BCUT2D eigenvalue weighted by Gasteiger charge is 2.23. The average molecular weight is 406 g/mol. The summed E-state index contributed by atoms with van der Waals surface area (Å²) in [7, 11) is 0. The lowest BCUT2D eigenvalue weighted by molar-refractivity contribution is 0.577. The molecule has 0 amide bonds. The van der Waals surface area contributed by atoms with Crippen molar-refractivity contribution in [3.05, 3.63) is 72.2 Å². The fourth-order valence-corrected chi connectivity index (χ4v) is 4.78. The second-order valence-corrected chi connectivity index (χ2v) is 8.32. The number of anilines is 1. The molecule has 0 unspecified atom stereocenters. The van der Waals surface area contributed by atoms with Crippen molar-refractivity contribution in [3.8, 4) is 34.4 Å². The van der Waals surface area contributed by atoms with Crippen LogP contribution in [0.1, 0.15) is 30.4 Å². The zero-order valence-corrected chi connectivity index (χ0v) is 17.2. The third kappa shape index (κ3) is 3.01. The predicted molar refractivity (Wildman–Crippen MR) is 120 cm³/mol. The Hall–Kier alpha value is -3.85. The lowest BCUT2D eigenvalue weighted by atomic mass is 10.1. The second kappa shape index (κ2) is 7.13. The third-order valence-electron chi connectivity index (χ3n) is 6.41. The van der Waals surface area contributed by atoms with E-state index in [0.29, 0.717) is 5.56 Å². The molecule has 4 aromatic rings. The van der Waals surface area contributed by atoms with E-state index in [-0.39, 0.29) is 0 Å². The molecule has 0 saturated carbocycles. The lowest BCUT2D eigenvalue weighted by Crippen LogP contribution is -2.29. The summed E-state index contributed by atoms with van der Waals surface area (Å²) in [5, 5.41) is 17.7. The number of aromatic nitrogens is 4. The van der Waals surface area contributed by atoms with Crippen LogP contribution in [0.25, 0.3) is 28.3 Å². The molecular formula is C25H22N6. The van der Waals surface area contributed by atoms with E-state index in [9.17, 15) is 0 Å². The van der Waals surface area contributed by atoms with Gasteiger partial charge < -0.3 is 9.47 Å². The van der Waals surface area contributed by atoms with Crippen LogP contribution in [-0.2, 0) is 6.54 Å². The second-order valence-electron chi connectivity index (χ2n) is 8.32. The Kier molecular flexibility index (Phi) is 4.13. The number of nitriles is 1. The summed E-state index contributed by atoms with van der Waals surface area (Å²) < 4.78 is 4.36. The summed E-state index contributed by atoms with van der Waals surface area (Å²) in [6.45, 7) is 3.05. The van der Waals surface area contributed by atoms with Crippen LogP contribution in [-0.4, -0.2) is 32.4 Å². The molecule has 4 heterocycles. The Morgan fingerprint density at radius 2 is 1.74 bits per heavy atom. The Balaban J connectivity index is 1.44. The molecular weight excluding hydrogens is 384 g/mol. The standard InChI is InChI=1S/C25H22N6/c26-14-18-4-6-19(7-5-18)20-13-24-25-28-27-17-31(25)23-9-8-22(29-10-2-1-3-11-29)12-21(23)16-30(24)15-20/h4-9,12-13,15,17H,1-3,10-11,16H2. The smallest absolute Gasteiger partial charge is 0.185 e. The maximum Gasteiger partial charge on any atom is 0.185 e. The van der Waals surface area contributed by atoms with Gasteiger partial charge in [0.1, 0.15) is 6.33 Å². The summed E-state index contributed by atoms with van der Waals surface area (Å²) in [6, 6.07) is 18.9. The minimum atomic E-state index is 0.670. The molecule has 1 saturated heterocycles. The maximum atomic E-state index is 9.08. The summed E-state index contributed by atoms with van der Waals surface area (Å²) >= 11 is 0. The first kappa shape index (κ1) is 18.0. The monoisotopic (exact) mass is 406 g/mol. The van der Waals surface area contributed by atoms with Gasteiger partial charge in [-0.1, -0.05) is 12.1 Å². The zero-order chi connectivity index (χ0) is 20.8. The van der Waals surface area contributed by atoms with Gasteiger partial charge in [-0.25, -0.2) is 0 Å². The Labute approximate surface area is 181 Å². The van der Waals surface area contributed by atoms with Crippen molar-refractivity contribution in [1.82, 2.24) is 19.3 Å². The highest BCUT2D eigenvalue weighted by molar-refractivity contribution is 5.72. The largest absolute Gasteiger partial charge is 0.372 e. The Morgan fingerprint density at radius 3 is 2.55 bits per heavy atom. The van der Waals surface area contributed by atoms with Crippen molar-refractivity contribution in [2.75, 3.05) is 18.0 Å². The topological polar surface area (TPSA) is 62.7 Å². The highest BCUT2D eigenvalue weighted by Crippen LogP contribution is 2.35. The Morgan fingerprint density at radius 1 is 0.903 bits per heavy atom. The minimum absolute atomic E-state index is 0.670. The normalized spacial score (nSPS) is 14.9. The average Bonchev–Trinajstić information content (AvgIpc) is 3.45.